The van der Waals surface area contributed by atoms with Gasteiger partial charge in [0.25, 0.3) is 0 Å². The first-order valence-electron chi connectivity index (χ1n) is 4.63. The Hall–Kier alpha value is -0.800. The maximum atomic E-state index is 11.6. The third kappa shape index (κ3) is 1.94. The molecule has 0 N–H and O–H groups in total. The first kappa shape index (κ1) is 10.7. The van der Waals surface area contributed by atoms with Crippen LogP contribution in [0.25, 0.3) is 10.8 Å². The first-order valence-corrected chi connectivity index (χ1v) is 7.41. The molecule has 2 aromatic rings. The van der Waals surface area contributed by atoms with E-state index in [-0.39, 0.29) is 0 Å². The Balaban J connectivity index is 2.83. The van der Waals surface area contributed by atoms with Crippen molar-refractivity contribution in [2.45, 2.75) is 9.79 Å². The van der Waals surface area contributed by atoms with E-state index in [1.165, 1.54) is 10.3 Å². The van der Waals surface area contributed by atoms with Crippen LogP contribution in [-0.2, 0) is 10.8 Å². The summed E-state index contributed by atoms with van der Waals surface area (Å²) in [5.41, 5.74) is 0. The van der Waals surface area contributed by atoms with Crippen molar-refractivity contribution in [1.82, 2.24) is 0 Å². The summed E-state index contributed by atoms with van der Waals surface area (Å²) in [5, 5.41) is 2.29. The lowest BCUT2D eigenvalue weighted by atomic mass is 10.1. The third-order valence-corrected chi connectivity index (χ3v) is 4.14. The van der Waals surface area contributed by atoms with E-state index in [9.17, 15) is 4.21 Å². The zero-order chi connectivity index (χ0) is 10.8. The fourth-order valence-electron chi connectivity index (χ4n) is 1.67. The molecule has 0 saturated heterocycles. The number of thioether (sulfide) groups is 1. The van der Waals surface area contributed by atoms with Crippen LogP contribution in [0.4, 0.5) is 0 Å². The molecule has 0 saturated carbocycles. The average Bonchev–Trinajstić information content (AvgIpc) is 2.27. The minimum absolute atomic E-state index is 0.920. The molecule has 0 fully saturated rings. The predicted octanol–water partition coefficient (Wildman–Crippen LogP) is 3.30. The SMILES string of the molecule is CSc1ccc(S(C)=O)c2ccccc12. The minimum Gasteiger partial charge on any atom is -0.255 e. The number of fused-ring (bicyclic) bond motifs is 1. The topological polar surface area (TPSA) is 17.1 Å². The van der Waals surface area contributed by atoms with E-state index in [0.717, 1.165) is 10.3 Å². The monoisotopic (exact) mass is 236 g/mol. The van der Waals surface area contributed by atoms with Gasteiger partial charge in [0, 0.05) is 16.0 Å². The van der Waals surface area contributed by atoms with Gasteiger partial charge >= 0.3 is 0 Å². The molecule has 78 valence electrons. The van der Waals surface area contributed by atoms with Gasteiger partial charge in [-0.3, -0.25) is 4.21 Å². The lowest BCUT2D eigenvalue weighted by Gasteiger charge is -2.07. The highest BCUT2D eigenvalue weighted by Gasteiger charge is 2.06. The quantitative estimate of drug-likeness (QED) is 0.744. The van der Waals surface area contributed by atoms with Crippen molar-refractivity contribution >= 4 is 33.3 Å². The van der Waals surface area contributed by atoms with Crippen molar-refractivity contribution in [3.8, 4) is 0 Å². The molecule has 0 radical (unpaired) electrons. The van der Waals surface area contributed by atoms with Gasteiger partial charge in [0.2, 0.25) is 0 Å². The van der Waals surface area contributed by atoms with Crippen LogP contribution in [0.1, 0.15) is 0 Å². The minimum atomic E-state index is -0.923. The van der Waals surface area contributed by atoms with Crippen molar-refractivity contribution in [1.29, 1.82) is 0 Å². The molecule has 0 aromatic heterocycles. The lowest BCUT2D eigenvalue weighted by Crippen LogP contribution is -1.90. The molecule has 0 amide bonds. The van der Waals surface area contributed by atoms with E-state index in [1.54, 1.807) is 18.0 Å². The van der Waals surface area contributed by atoms with E-state index in [2.05, 4.69) is 12.3 Å². The summed E-state index contributed by atoms with van der Waals surface area (Å²) >= 11 is 1.72. The molecule has 2 aromatic carbocycles. The summed E-state index contributed by atoms with van der Waals surface area (Å²) in [4.78, 5) is 2.16. The van der Waals surface area contributed by atoms with Gasteiger partial charge in [-0.25, -0.2) is 0 Å². The molecule has 0 heterocycles. The maximum absolute atomic E-state index is 11.6. The Bertz CT molecular complexity index is 520. The van der Waals surface area contributed by atoms with Crippen molar-refractivity contribution in [2.75, 3.05) is 12.5 Å². The van der Waals surface area contributed by atoms with Gasteiger partial charge in [0.15, 0.2) is 0 Å². The van der Waals surface area contributed by atoms with Gasteiger partial charge in [-0.2, -0.15) is 0 Å². The number of rotatable bonds is 2. The number of benzene rings is 2. The molecular formula is C12H12OS2. The van der Waals surface area contributed by atoms with Crippen LogP contribution in [0.15, 0.2) is 46.2 Å². The largest absolute Gasteiger partial charge is 0.255 e. The van der Waals surface area contributed by atoms with Gasteiger partial charge in [-0.1, -0.05) is 24.3 Å². The molecule has 0 aliphatic carbocycles. The summed E-state index contributed by atoms with van der Waals surface area (Å²) in [6.45, 7) is 0. The van der Waals surface area contributed by atoms with E-state index in [4.69, 9.17) is 0 Å². The molecule has 1 atom stereocenters. The Morgan fingerprint density at radius 1 is 1.07 bits per heavy atom. The van der Waals surface area contributed by atoms with Crippen LogP contribution >= 0.6 is 11.8 Å². The first-order chi connectivity index (χ1) is 7.24. The summed E-state index contributed by atoms with van der Waals surface area (Å²) in [6, 6.07) is 12.1. The number of hydrogen-bond donors (Lipinski definition) is 0. The maximum Gasteiger partial charge on any atom is 0.0504 e. The Kier molecular flexibility index (Phi) is 3.12. The molecular weight excluding hydrogens is 224 g/mol. The van der Waals surface area contributed by atoms with E-state index < -0.39 is 10.8 Å². The van der Waals surface area contributed by atoms with Crippen molar-refractivity contribution < 1.29 is 4.21 Å². The highest BCUT2D eigenvalue weighted by molar-refractivity contribution is 7.98. The second kappa shape index (κ2) is 4.37. The smallest absolute Gasteiger partial charge is 0.0504 e. The van der Waals surface area contributed by atoms with Crippen LogP contribution in [0.3, 0.4) is 0 Å². The van der Waals surface area contributed by atoms with Crippen molar-refractivity contribution in [3.05, 3.63) is 36.4 Å². The summed E-state index contributed by atoms with van der Waals surface area (Å²) in [7, 11) is -0.923. The number of hydrogen-bond acceptors (Lipinski definition) is 2. The third-order valence-electron chi connectivity index (χ3n) is 2.37. The van der Waals surface area contributed by atoms with Crippen molar-refractivity contribution in [2.24, 2.45) is 0 Å². The summed E-state index contributed by atoms with van der Waals surface area (Å²) in [5.74, 6) is 0. The van der Waals surface area contributed by atoms with E-state index >= 15 is 0 Å². The Labute approximate surface area is 96.3 Å². The second-order valence-electron chi connectivity index (χ2n) is 3.27. The molecule has 0 bridgehead atoms. The van der Waals surface area contributed by atoms with Crippen molar-refractivity contribution in [3.63, 3.8) is 0 Å². The van der Waals surface area contributed by atoms with Crippen LogP contribution in [0.5, 0.6) is 0 Å². The molecule has 15 heavy (non-hydrogen) atoms. The Morgan fingerprint density at radius 2 is 1.73 bits per heavy atom. The normalized spacial score (nSPS) is 12.9. The molecule has 0 aliphatic rings. The second-order valence-corrected chi connectivity index (χ2v) is 5.46. The highest BCUT2D eigenvalue weighted by atomic mass is 32.2. The van der Waals surface area contributed by atoms with Gasteiger partial charge in [0.05, 0.1) is 10.8 Å². The standard InChI is InChI=1S/C12H12OS2/c1-14-11-7-8-12(15(2)13)10-6-4-3-5-9(10)11/h3-8H,1-2H3. The van der Waals surface area contributed by atoms with Crippen LogP contribution in [0, 0.1) is 0 Å². The zero-order valence-electron chi connectivity index (χ0n) is 8.69. The van der Waals surface area contributed by atoms with Gasteiger partial charge in [0.1, 0.15) is 0 Å². The highest BCUT2D eigenvalue weighted by Crippen LogP contribution is 2.29. The van der Waals surface area contributed by atoms with Crippen LogP contribution in [-0.4, -0.2) is 16.7 Å². The average molecular weight is 236 g/mol. The van der Waals surface area contributed by atoms with Crippen LogP contribution in [0.2, 0.25) is 0 Å². The molecule has 2 rings (SSSR count). The fraction of sp³-hybridized carbons (Fsp3) is 0.167. The predicted molar refractivity (Wildman–Crippen MR) is 68.1 cm³/mol. The molecule has 0 aliphatic heterocycles. The van der Waals surface area contributed by atoms with E-state index in [1.807, 2.05) is 30.3 Å². The van der Waals surface area contributed by atoms with E-state index in [0.29, 0.717) is 0 Å². The van der Waals surface area contributed by atoms with Crippen LogP contribution < -0.4 is 0 Å². The van der Waals surface area contributed by atoms with Gasteiger partial charge < -0.3 is 0 Å². The lowest BCUT2D eigenvalue weighted by molar-refractivity contribution is 0.687. The molecule has 0 spiro atoms. The summed E-state index contributed by atoms with van der Waals surface area (Å²) < 4.78 is 11.6. The molecule has 1 nitrogen and oxygen atoms in total. The van der Waals surface area contributed by atoms with Gasteiger partial charge in [-0.15, -0.1) is 11.8 Å². The molecule has 3 heteroatoms. The Morgan fingerprint density at radius 3 is 2.33 bits per heavy atom. The molecule has 1 unspecified atom stereocenters. The zero-order valence-corrected chi connectivity index (χ0v) is 10.3. The van der Waals surface area contributed by atoms with Gasteiger partial charge in [-0.05, 0) is 29.2 Å². The fourth-order valence-corrected chi connectivity index (χ4v) is 3.02. The summed E-state index contributed by atoms with van der Waals surface area (Å²) in [6.07, 6.45) is 3.78.